The predicted molar refractivity (Wildman–Crippen MR) is 70.0 cm³/mol. The molecule has 1 N–H and O–H groups in total. The second-order valence-corrected chi connectivity index (χ2v) is 3.36. The minimum atomic E-state index is 0. The molecule has 0 radical (unpaired) electrons. The van der Waals surface area contributed by atoms with E-state index in [0.29, 0.717) is 17.2 Å². The molecule has 0 bridgehead atoms. The van der Waals surface area contributed by atoms with Crippen molar-refractivity contribution in [3.05, 3.63) is 44.8 Å². The number of nitrogens with one attached hydrogen (secondary N) is 1. The van der Waals surface area contributed by atoms with Gasteiger partial charge in [-0.1, -0.05) is 22.8 Å². The van der Waals surface area contributed by atoms with E-state index < -0.39 is 0 Å². The van der Waals surface area contributed by atoms with Crippen LogP contribution in [0.25, 0.3) is 10.4 Å². The third-order valence-corrected chi connectivity index (χ3v) is 2.26. The largest absolute Gasteiger partial charge is 0.478 e. The van der Waals surface area contributed by atoms with Crippen LogP contribution in [0.4, 0.5) is 0 Å². The highest BCUT2D eigenvalue weighted by atomic mass is 35.5. The Morgan fingerprint density at radius 1 is 1.59 bits per heavy atom. The fourth-order valence-corrected chi connectivity index (χ4v) is 1.39. The molecule has 5 nitrogen and oxygen atoms in total. The number of hydrogen-bond acceptors (Lipinski definition) is 3. The van der Waals surface area contributed by atoms with E-state index in [1.807, 2.05) is 6.92 Å². The molecule has 0 atom stereocenters. The highest BCUT2D eigenvalue weighted by Gasteiger charge is 2.05. The van der Waals surface area contributed by atoms with Crippen molar-refractivity contribution in [3.63, 3.8) is 0 Å². The minimum absolute atomic E-state index is 0. The second kappa shape index (κ2) is 7.79. The van der Waals surface area contributed by atoms with Crippen molar-refractivity contribution in [1.82, 2.24) is 0 Å². The van der Waals surface area contributed by atoms with Crippen LogP contribution >= 0.6 is 24.0 Å². The molecule has 0 aliphatic rings. The molecule has 0 fully saturated rings. The van der Waals surface area contributed by atoms with Crippen molar-refractivity contribution in [2.24, 2.45) is 5.11 Å². The number of ether oxygens (including phenoxy) is 1. The summed E-state index contributed by atoms with van der Waals surface area (Å²) in [6.07, 6.45) is 0. The minimum Gasteiger partial charge on any atom is -0.478 e. The van der Waals surface area contributed by atoms with Crippen molar-refractivity contribution in [1.29, 1.82) is 5.41 Å². The quantitative estimate of drug-likeness (QED) is 0.291. The van der Waals surface area contributed by atoms with Crippen LogP contribution in [0.3, 0.4) is 0 Å². The van der Waals surface area contributed by atoms with Gasteiger partial charge in [0.25, 0.3) is 0 Å². The van der Waals surface area contributed by atoms with Gasteiger partial charge in [-0.3, -0.25) is 5.41 Å². The number of hydrogen-bond donors (Lipinski definition) is 1. The Morgan fingerprint density at radius 3 is 2.82 bits per heavy atom. The van der Waals surface area contributed by atoms with Crippen molar-refractivity contribution in [2.45, 2.75) is 13.5 Å². The van der Waals surface area contributed by atoms with E-state index in [0.717, 1.165) is 5.56 Å². The van der Waals surface area contributed by atoms with Gasteiger partial charge in [0.15, 0.2) is 0 Å². The highest BCUT2D eigenvalue weighted by Crippen LogP contribution is 2.19. The first-order valence-electron chi connectivity index (χ1n) is 4.70. The summed E-state index contributed by atoms with van der Waals surface area (Å²) in [5.41, 5.74) is 9.53. The van der Waals surface area contributed by atoms with Gasteiger partial charge in [-0.15, -0.1) is 12.4 Å². The summed E-state index contributed by atoms with van der Waals surface area (Å²) in [7, 11) is 0. The Kier molecular flexibility index (Phi) is 7.14. The molecule has 0 aromatic heterocycles. The lowest BCUT2D eigenvalue weighted by molar-refractivity contribution is 0.325. The zero-order valence-corrected chi connectivity index (χ0v) is 10.8. The molecule has 0 aliphatic carbocycles. The van der Waals surface area contributed by atoms with Gasteiger partial charge in [0.1, 0.15) is 0 Å². The molecule has 1 aromatic rings. The first kappa shape index (κ1) is 15.6. The zero-order valence-electron chi connectivity index (χ0n) is 9.18. The number of benzene rings is 1. The molecule has 0 aliphatic heterocycles. The molecule has 17 heavy (non-hydrogen) atoms. The molecular formula is C10H12Cl2N4O. The normalized spacial score (nSPS) is 8.82. The SMILES string of the molecule is CCOC(=N)c1ccc(CN=[N+]=[N-])c(Cl)c1.Cl. The Labute approximate surface area is 110 Å². The highest BCUT2D eigenvalue weighted by molar-refractivity contribution is 6.31. The maximum absolute atomic E-state index is 8.19. The third-order valence-electron chi connectivity index (χ3n) is 1.91. The zero-order chi connectivity index (χ0) is 12.0. The van der Waals surface area contributed by atoms with Gasteiger partial charge in [0.05, 0.1) is 13.2 Å². The lowest BCUT2D eigenvalue weighted by Crippen LogP contribution is -2.04. The standard InChI is InChI=1S/C10H11ClN4O.ClH/c1-2-16-10(12)7-3-4-8(6-14-15-13)9(11)5-7;/h3-5,12H,2,6H2,1H3;1H. The van der Waals surface area contributed by atoms with Crippen LogP contribution in [0.15, 0.2) is 23.3 Å². The van der Waals surface area contributed by atoms with Gasteiger partial charge in [0.2, 0.25) is 5.90 Å². The summed E-state index contributed by atoms with van der Waals surface area (Å²) in [5, 5.41) is 11.5. The van der Waals surface area contributed by atoms with Crippen LogP contribution in [0, 0.1) is 5.41 Å². The Morgan fingerprint density at radius 2 is 2.29 bits per heavy atom. The topological polar surface area (TPSA) is 81.8 Å². The van der Waals surface area contributed by atoms with Crippen molar-refractivity contribution in [2.75, 3.05) is 6.61 Å². The summed E-state index contributed by atoms with van der Waals surface area (Å²) < 4.78 is 5.05. The average Bonchev–Trinajstić information content (AvgIpc) is 2.27. The molecule has 0 heterocycles. The Bertz CT molecular complexity index is 444. The first-order chi connectivity index (χ1) is 7.69. The van der Waals surface area contributed by atoms with Crippen LogP contribution in [0.1, 0.15) is 18.1 Å². The van der Waals surface area contributed by atoms with Gasteiger partial charge < -0.3 is 4.74 Å². The van der Waals surface area contributed by atoms with Gasteiger partial charge in [-0.05, 0) is 30.2 Å². The molecule has 92 valence electrons. The predicted octanol–water partition coefficient (Wildman–Crippen LogP) is 3.93. The second-order valence-electron chi connectivity index (χ2n) is 2.96. The number of rotatable bonds is 4. The van der Waals surface area contributed by atoms with Crippen LogP contribution in [-0.4, -0.2) is 12.5 Å². The summed E-state index contributed by atoms with van der Waals surface area (Å²) in [4.78, 5) is 2.66. The molecule has 7 heteroatoms. The molecule has 0 unspecified atom stereocenters. The van der Waals surface area contributed by atoms with Crippen LogP contribution in [0.5, 0.6) is 0 Å². The molecule has 1 aromatic carbocycles. The maximum atomic E-state index is 8.19. The molecule has 0 spiro atoms. The van der Waals surface area contributed by atoms with Gasteiger partial charge in [-0.25, -0.2) is 0 Å². The first-order valence-corrected chi connectivity index (χ1v) is 5.07. The van der Waals surface area contributed by atoms with Gasteiger partial charge in [-0.2, -0.15) is 0 Å². The van der Waals surface area contributed by atoms with Gasteiger partial charge in [0, 0.05) is 15.5 Å². The summed E-state index contributed by atoms with van der Waals surface area (Å²) >= 11 is 5.97. The van der Waals surface area contributed by atoms with E-state index in [2.05, 4.69) is 10.0 Å². The summed E-state index contributed by atoms with van der Waals surface area (Å²) in [6, 6.07) is 5.06. The lowest BCUT2D eigenvalue weighted by atomic mass is 10.1. The smallest absolute Gasteiger partial charge is 0.213 e. The lowest BCUT2D eigenvalue weighted by Gasteiger charge is -2.07. The molecule has 1 rings (SSSR count). The monoisotopic (exact) mass is 274 g/mol. The molecular weight excluding hydrogens is 263 g/mol. The van der Waals surface area contributed by atoms with E-state index in [1.165, 1.54) is 0 Å². The number of halogens is 2. The van der Waals surface area contributed by atoms with Crippen LogP contribution in [-0.2, 0) is 11.3 Å². The van der Waals surface area contributed by atoms with E-state index in [1.54, 1.807) is 18.2 Å². The van der Waals surface area contributed by atoms with Gasteiger partial charge >= 0.3 is 0 Å². The third kappa shape index (κ3) is 4.53. The van der Waals surface area contributed by atoms with Crippen LogP contribution in [0.2, 0.25) is 5.02 Å². The van der Waals surface area contributed by atoms with Crippen LogP contribution < -0.4 is 0 Å². The van der Waals surface area contributed by atoms with E-state index in [4.69, 9.17) is 27.3 Å². The fourth-order valence-electron chi connectivity index (χ4n) is 1.15. The molecule has 0 saturated carbocycles. The maximum Gasteiger partial charge on any atom is 0.213 e. The number of nitrogens with zero attached hydrogens (tertiary/aromatic N) is 3. The van der Waals surface area contributed by atoms with E-state index in [-0.39, 0.29) is 24.8 Å². The summed E-state index contributed by atoms with van der Waals surface area (Å²) in [6.45, 7) is 2.46. The summed E-state index contributed by atoms with van der Waals surface area (Å²) in [5.74, 6) is 0.0831. The number of azide groups is 1. The molecule has 0 amide bonds. The fraction of sp³-hybridized carbons (Fsp3) is 0.300. The van der Waals surface area contributed by atoms with E-state index >= 15 is 0 Å². The van der Waals surface area contributed by atoms with E-state index in [9.17, 15) is 0 Å². The van der Waals surface area contributed by atoms with Crippen molar-refractivity contribution < 1.29 is 4.74 Å². The average molecular weight is 275 g/mol. The van der Waals surface area contributed by atoms with Crippen molar-refractivity contribution >= 4 is 29.9 Å². The Hall–Kier alpha value is -1.42. The van der Waals surface area contributed by atoms with Crippen molar-refractivity contribution in [3.8, 4) is 0 Å². The molecule has 0 saturated heterocycles. The Balaban J connectivity index is 0.00000256.